The largest absolute Gasteiger partial charge is 0.353 e. The fourth-order valence-corrected chi connectivity index (χ4v) is 4.28. The van der Waals surface area contributed by atoms with Gasteiger partial charge in [0.05, 0.1) is 13.2 Å². The Morgan fingerprint density at radius 1 is 1.40 bits per heavy atom. The van der Waals surface area contributed by atoms with Gasteiger partial charge in [0.1, 0.15) is 0 Å². The van der Waals surface area contributed by atoms with Crippen LogP contribution in [-0.4, -0.2) is 24.1 Å². The smallest absolute Gasteiger partial charge is 0.307 e. The van der Waals surface area contributed by atoms with Gasteiger partial charge in [-0.05, 0) is 44.4 Å². The Balaban J connectivity index is 1.59. The highest BCUT2D eigenvalue weighted by Crippen LogP contribution is 2.27. The van der Waals surface area contributed by atoms with Crippen LogP contribution in [0.15, 0.2) is 4.79 Å². The summed E-state index contributed by atoms with van der Waals surface area (Å²) in [5.74, 6) is 0.709. The van der Waals surface area contributed by atoms with Crippen LogP contribution in [0.1, 0.15) is 43.2 Å². The average molecular weight is 297 g/mol. The summed E-state index contributed by atoms with van der Waals surface area (Å²) in [5, 5.41) is 0. The molecule has 1 saturated heterocycles. The van der Waals surface area contributed by atoms with Crippen LogP contribution < -0.4 is 4.87 Å². The van der Waals surface area contributed by atoms with Crippen molar-refractivity contribution in [3.63, 3.8) is 0 Å². The quantitative estimate of drug-likeness (QED) is 0.857. The standard InChI is InChI=1S/C15H23NO3S/c1-11-5-6-12-13(10-11)20-15(17)16(12)7-9-19-14-4-2-3-8-18-14/h11,14H,2-10H2,1H3/t11-,14+/m0/s1. The molecular weight excluding hydrogens is 274 g/mol. The van der Waals surface area contributed by atoms with E-state index in [2.05, 4.69) is 6.92 Å². The highest BCUT2D eigenvalue weighted by Gasteiger charge is 2.22. The zero-order valence-electron chi connectivity index (χ0n) is 12.1. The maximum absolute atomic E-state index is 12.1. The van der Waals surface area contributed by atoms with Gasteiger partial charge in [-0.1, -0.05) is 18.3 Å². The number of ether oxygens (including phenoxy) is 2. The third-order valence-electron chi connectivity index (χ3n) is 4.24. The Bertz CT molecular complexity index is 502. The molecule has 0 bridgehead atoms. The molecule has 4 nitrogen and oxygen atoms in total. The monoisotopic (exact) mass is 297 g/mol. The molecule has 1 aliphatic heterocycles. The van der Waals surface area contributed by atoms with E-state index >= 15 is 0 Å². The van der Waals surface area contributed by atoms with E-state index in [1.165, 1.54) is 34.7 Å². The Labute approximate surface area is 123 Å². The van der Waals surface area contributed by atoms with Crippen molar-refractivity contribution in [1.29, 1.82) is 0 Å². The van der Waals surface area contributed by atoms with Crippen LogP contribution in [0.5, 0.6) is 0 Å². The van der Waals surface area contributed by atoms with Crippen molar-refractivity contribution in [2.75, 3.05) is 13.2 Å². The first-order valence-corrected chi connectivity index (χ1v) is 8.50. The molecule has 1 aromatic rings. The van der Waals surface area contributed by atoms with Crippen molar-refractivity contribution >= 4 is 11.3 Å². The molecule has 1 aromatic heterocycles. The second-order valence-corrected chi connectivity index (χ2v) is 6.95. The number of hydrogen-bond donors (Lipinski definition) is 0. The predicted octanol–water partition coefficient (Wildman–Crippen LogP) is 2.58. The molecule has 0 radical (unpaired) electrons. The summed E-state index contributed by atoms with van der Waals surface area (Å²) >= 11 is 1.43. The van der Waals surface area contributed by atoms with Crippen molar-refractivity contribution < 1.29 is 9.47 Å². The van der Waals surface area contributed by atoms with Gasteiger partial charge in [0.15, 0.2) is 6.29 Å². The van der Waals surface area contributed by atoms with Gasteiger partial charge in [0.2, 0.25) is 0 Å². The van der Waals surface area contributed by atoms with Gasteiger partial charge >= 0.3 is 4.87 Å². The summed E-state index contributed by atoms with van der Waals surface area (Å²) in [5.41, 5.74) is 1.26. The summed E-state index contributed by atoms with van der Waals surface area (Å²) in [6.45, 7) is 4.31. The summed E-state index contributed by atoms with van der Waals surface area (Å²) in [6.07, 6.45) is 6.52. The number of nitrogens with zero attached hydrogens (tertiary/aromatic N) is 1. The van der Waals surface area contributed by atoms with Crippen LogP contribution >= 0.6 is 11.3 Å². The van der Waals surface area contributed by atoms with Crippen molar-refractivity contribution in [3.8, 4) is 0 Å². The van der Waals surface area contributed by atoms with Crippen LogP contribution in [0.25, 0.3) is 0 Å². The molecule has 2 heterocycles. The average Bonchev–Trinajstić information content (AvgIpc) is 2.75. The van der Waals surface area contributed by atoms with E-state index in [0.29, 0.717) is 19.1 Å². The Morgan fingerprint density at radius 3 is 3.10 bits per heavy atom. The molecule has 2 atom stereocenters. The van der Waals surface area contributed by atoms with Crippen molar-refractivity contribution in [2.24, 2.45) is 5.92 Å². The van der Waals surface area contributed by atoms with Crippen molar-refractivity contribution in [2.45, 2.75) is 58.3 Å². The molecule has 2 aliphatic rings. The van der Waals surface area contributed by atoms with Crippen molar-refractivity contribution in [1.82, 2.24) is 4.57 Å². The van der Waals surface area contributed by atoms with Gasteiger partial charge in [-0.2, -0.15) is 0 Å². The van der Waals surface area contributed by atoms with Gasteiger partial charge in [-0.3, -0.25) is 4.79 Å². The molecule has 20 heavy (non-hydrogen) atoms. The Kier molecular flexibility index (Phi) is 4.58. The first-order valence-electron chi connectivity index (χ1n) is 7.68. The molecule has 0 N–H and O–H groups in total. The molecule has 3 rings (SSSR count). The van der Waals surface area contributed by atoms with E-state index < -0.39 is 0 Å². The summed E-state index contributed by atoms with van der Waals surface area (Å²) in [4.78, 5) is 13.6. The minimum Gasteiger partial charge on any atom is -0.353 e. The highest BCUT2D eigenvalue weighted by molar-refractivity contribution is 7.09. The minimum atomic E-state index is -0.0612. The van der Waals surface area contributed by atoms with Gasteiger partial charge in [0, 0.05) is 17.2 Å². The normalized spacial score (nSPS) is 26.4. The molecule has 0 amide bonds. The van der Waals surface area contributed by atoms with Crippen LogP contribution in [0, 0.1) is 5.92 Å². The molecule has 1 fully saturated rings. The third kappa shape index (κ3) is 3.15. The molecule has 1 aliphatic carbocycles. The lowest BCUT2D eigenvalue weighted by molar-refractivity contribution is -0.163. The van der Waals surface area contributed by atoms with E-state index in [1.807, 2.05) is 4.57 Å². The van der Waals surface area contributed by atoms with Gasteiger partial charge in [-0.25, -0.2) is 0 Å². The summed E-state index contributed by atoms with van der Waals surface area (Å²) < 4.78 is 13.2. The van der Waals surface area contributed by atoms with E-state index in [4.69, 9.17) is 9.47 Å². The maximum atomic E-state index is 12.1. The van der Waals surface area contributed by atoms with Crippen LogP contribution in [-0.2, 0) is 28.9 Å². The lowest BCUT2D eigenvalue weighted by Crippen LogP contribution is -2.26. The van der Waals surface area contributed by atoms with E-state index in [-0.39, 0.29) is 11.2 Å². The van der Waals surface area contributed by atoms with Crippen molar-refractivity contribution in [3.05, 3.63) is 20.2 Å². The maximum Gasteiger partial charge on any atom is 0.307 e. The van der Waals surface area contributed by atoms with E-state index in [9.17, 15) is 4.79 Å². The molecule has 5 heteroatoms. The fraction of sp³-hybridized carbons (Fsp3) is 0.800. The first kappa shape index (κ1) is 14.3. The Morgan fingerprint density at radius 2 is 2.30 bits per heavy atom. The SMILES string of the molecule is C[C@H]1CCc2c(sc(=O)n2CCO[C@@H]2CCCCO2)C1. The lowest BCUT2D eigenvalue weighted by atomic mass is 9.93. The van der Waals surface area contributed by atoms with Crippen LogP contribution in [0.4, 0.5) is 0 Å². The molecule has 112 valence electrons. The molecule has 0 saturated carbocycles. The third-order valence-corrected chi connectivity index (χ3v) is 5.29. The van der Waals surface area contributed by atoms with Gasteiger partial charge < -0.3 is 14.0 Å². The summed E-state index contributed by atoms with van der Waals surface area (Å²) in [6, 6.07) is 0. The molecular formula is C15H23NO3S. The van der Waals surface area contributed by atoms with Crippen LogP contribution in [0.3, 0.4) is 0 Å². The van der Waals surface area contributed by atoms with Gasteiger partial charge in [-0.15, -0.1) is 0 Å². The highest BCUT2D eigenvalue weighted by atomic mass is 32.1. The van der Waals surface area contributed by atoms with E-state index in [1.54, 1.807) is 0 Å². The van der Waals surface area contributed by atoms with Crippen LogP contribution in [0.2, 0.25) is 0 Å². The molecule has 0 aromatic carbocycles. The van der Waals surface area contributed by atoms with E-state index in [0.717, 1.165) is 32.3 Å². The molecule has 0 unspecified atom stereocenters. The zero-order chi connectivity index (χ0) is 13.9. The zero-order valence-corrected chi connectivity index (χ0v) is 12.9. The minimum absolute atomic E-state index is 0.0612. The molecule has 0 spiro atoms. The predicted molar refractivity (Wildman–Crippen MR) is 79.3 cm³/mol. The fourth-order valence-electron chi connectivity index (χ4n) is 3.06. The number of thiazole rings is 1. The number of hydrogen-bond acceptors (Lipinski definition) is 4. The second-order valence-electron chi connectivity index (χ2n) is 5.90. The Hall–Kier alpha value is -0.650. The number of aromatic nitrogens is 1. The lowest BCUT2D eigenvalue weighted by Gasteiger charge is -2.23. The summed E-state index contributed by atoms with van der Waals surface area (Å²) in [7, 11) is 0. The topological polar surface area (TPSA) is 40.5 Å². The van der Waals surface area contributed by atoms with Gasteiger partial charge in [0.25, 0.3) is 0 Å². The first-order chi connectivity index (χ1) is 9.74. The second kappa shape index (κ2) is 6.41. The number of rotatable bonds is 4. The number of fused-ring (bicyclic) bond motifs is 1.